The Bertz CT molecular complexity index is 816. The SMILES string of the molecule is CCC(C)C(NC(=O)C(CCCN=C(N)N)NC(=O)C1CCCN1C(=O)C(N)CC(N)=O)C(=O)O. The van der Waals surface area contributed by atoms with Crippen molar-refractivity contribution in [3.63, 3.8) is 0 Å². The maximum Gasteiger partial charge on any atom is 0.326 e. The molecule has 0 spiro atoms. The molecule has 5 atom stereocenters. The molecule has 0 aromatic rings. The highest BCUT2D eigenvalue weighted by atomic mass is 16.4. The molecule has 1 heterocycles. The molecule has 35 heavy (non-hydrogen) atoms. The van der Waals surface area contributed by atoms with Crippen LogP contribution in [0, 0.1) is 5.92 Å². The number of guanidine groups is 1. The molecule has 14 nitrogen and oxygen atoms in total. The fourth-order valence-corrected chi connectivity index (χ4v) is 3.80. The number of likely N-dealkylation sites (tertiary alicyclic amines) is 1. The van der Waals surface area contributed by atoms with Crippen LogP contribution in [0.15, 0.2) is 4.99 Å². The van der Waals surface area contributed by atoms with Crippen molar-refractivity contribution in [3.8, 4) is 0 Å². The molecule has 0 aromatic heterocycles. The van der Waals surface area contributed by atoms with Gasteiger partial charge in [0.1, 0.15) is 18.1 Å². The van der Waals surface area contributed by atoms with E-state index in [2.05, 4.69) is 15.6 Å². The van der Waals surface area contributed by atoms with Gasteiger partial charge in [-0.05, 0) is 31.6 Å². The predicted molar refractivity (Wildman–Crippen MR) is 127 cm³/mol. The second-order valence-corrected chi connectivity index (χ2v) is 8.69. The van der Waals surface area contributed by atoms with Crippen LogP contribution in [0.2, 0.25) is 0 Å². The molecule has 0 radical (unpaired) electrons. The van der Waals surface area contributed by atoms with Crippen molar-refractivity contribution >= 4 is 35.6 Å². The zero-order chi connectivity index (χ0) is 26.7. The monoisotopic (exact) mass is 498 g/mol. The highest BCUT2D eigenvalue weighted by Gasteiger charge is 2.38. The number of primary amides is 1. The Morgan fingerprint density at radius 2 is 1.80 bits per heavy atom. The van der Waals surface area contributed by atoms with Crippen molar-refractivity contribution in [1.29, 1.82) is 0 Å². The molecule has 0 bridgehead atoms. The van der Waals surface area contributed by atoms with Crippen LogP contribution >= 0.6 is 0 Å². The molecule has 4 amide bonds. The summed E-state index contributed by atoms with van der Waals surface area (Å²) in [5, 5.41) is 14.6. The lowest BCUT2D eigenvalue weighted by Crippen LogP contribution is -2.57. The first-order chi connectivity index (χ1) is 16.4. The summed E-state index contributed by atoms with van der Waals surface area (Å²) in [4.78, 5) is 66.6. The fraction of sp³-hybridized carbons (Fsp3) is 0.714. The van der Waals surface area contributed by atoms with E-state index in [1.54, 1.807) is 13.8 Å². The molecule has 1 rings (SSSR count). The van der Waals surface area contributed by atoms with Gasteiger partial charge in [-0.2, -0.15) is 0 Å². The summed E-state index contributed by atoms with van der Waals surface area (Å²) >= 11 is 0. The smallest absolute Gasteiger partial charge is 0.326 e. The number of aliphatic imine (C=N–C) groups is 1. The van der Waals surface area contributed by atoms with Crippen LogP contribution in [-0.2, 0) is 24.0 Å². The van der Waals surface area contributed by atoms with E-state index in [4.69, 9.17) is 22.9 Å². The number of carbonyl (C=O) groups excluding carboxylic acids is 4. The van der Waals surface area contributed by atoms with Gasteiger partial charge < -0.3 is 43.6 Å². The van der Waals surface area contributed by atoms with E-state index in [-0.39, 0.29) is 37.8 Å². The quantitative estimate of drug-likeness (QED) is 0.0748. The van der Waals surface area contributed by atoms with E-state index in [0.717, 1.165) is 0 Å². The Labute approximate surface area is 204 Å². The zero-order valence-electron chi connectivity index (χ0n) is 20.2. The molecular formula is C21H38N8O6. The predicted octanol–water partition coefficient (Wildman–Crippen LogP) is -2.67. The van der Waals surface area contributed by atoms with Crippen molar-refractivity contribution in [2.45, 2.75) is 76.5 Å². The summed E-state index contributed by atoms with van der Waals surface area (Å²) in [7, 11) is 0. The molecule has 1 fully saturated rings. The lowest BCUT2D eigenvalue weighted by atomic mass is 9.98. The normalized spacial score (nSPS) is 18.6. The fourth-order valence-electron chi connectivity index (χ4n) is 3.80. The van der Waals surface area contributed by atoms with Crippen LogP contribution in [0.25, 0.3) is 0 Å². The second kappa shape index (κ2) is 14.1. The molecule has 1 saturated heterocycles. The van der Waals surface area contributed by atoms with Gasteiger partial charge in [0.25, 0.3) is 0 Å². The van der Waals surface area contributed by atoms with Crippen LogP contribution in [0.1, 0.15) is 52.4 Å². The van der Waals surface area contributed by atoms with Crippen LogP contribution in [0.3, 0.4) is 0 Å². The van der Waals surface area contributed by atoms with Crippen molar-refractivity contribution in [3.05, 3.63) is 0 Å². The standard InChI is InChI=1S/C21H38N8O6/c1-3-11(2)16(20(34)35)28-17(31)13(6-4-8-26-21(24)25)27-18(32)14-7-5-9-29(14)19(33)12(22)10-15(23)30/h11-14,16H,3-10,22H2,1-2H3,(H2,23,30)(H,27,32)(H,28,31)(H,34,35)(H4,24,25,26). The number of hydrogen-bond donors (Lipinski definition) is 7. The molecule has 11 N–H and O–H groups in total. The first kappa shape index (κ1) is 29.6. The maximum atomic E-state index is 13.1. The van der Waals surface area contributed by atoms with Gasteiger partial charge in [0.05, 0.1) is 12.5 Å². The van der Waals surface area contributed by atoms with E-state index >= 15 is 0 Å². The van der Waals surface area contributed by atoms with Gasteiger partial charge >= 0.3 is 5.97 Å². The van der Waals surface area contributed by atoms with Gasteiger partial charge in [-0.25, -0.2) is 4.79 Å². The van der Waals surface area contributed by atoms with Gasteiger partial charge in [0.15, 0.2) is 5.96 Å². The maximum absolute atomic E-state index is 13.1. The highest BCUT2D eigenvalue weighted by Crippen LogP contribution is 2.19. The van der Waals surface area contributed by atoms with E-state index in [0.29, 0.717) is 25.7 Å². The summed E-state index contributed by atoms with van der Waals surface area (Å²) in [6, 6.07) is -4.29. The van der Waals surface area contributed by atoms with Gasteiger partial charge in [0, 0.05) is 13.1 Å². The molecule has 14 heteroatoms. The van der Waals surface area contributed by atoms with E-state index in [1.807, 2.05) is 0 Å². The highest BCUT2D eigenvalue weighted by molar-refractivity contribution is 5.95. The number of hydrogen-bond acceptors (Lipinski definition) is 7. The van der Waals surface area contributed by atoms with Crippen LogP contribution in [0.5, 0.6) is 0 Å². The van der Waals surface area contributed by atoms with Crippen molar-refractivity contribution in [2.75, 3.05) is 13.1 Å². The lowest BCUT2D eigenvalue weighted by Gasteiger charge is -2.29. The molecule has 1 aliphatic heterocycles. The van der Waals surface area contributed by atoms with Gasteiger partial charge in [-0.1, -0.05) is 20.3 Å². The number of nitrogens with one attached hydrogen (secondary N) is 2. The molecular weight excluding hydrogens is 460 g/mol. The van der Waals surface area contributed by atoms with Crippen LogP contribution < -0.4 is 33.6 Å². The van der Waals surface area contributed by atoms with Gasteiger partial charge in [0.2, 0.25) is 23.6 Å². The van der Waals surface area contributed by atoms with Gasteiger partial charge in [-0.15, -0.1) is 0 Å². The van der Waals surface area contributed by atoms with Crippen molar-refractivity contribution < 1.29 is 29.1 Å². The average molecular weight is 499 g/mol. The third-order valence-electron chi connectivity index (χ3n) is 5.93. The number of aliphatic carboxylic acids is 1. The first-order valence-electron chi connectivity index (χ1n) is 11.6. The molecule has 0 saturated carbocycles. The third kappa shape index (κ3) is 9.39. The Hall–Kier alpha value is -3.42. The molecule has 5 unspecified atom stereocenters. The summed E-state index contributed by atoms with van der Waals surface area (Å²) in [5.41, 5.74) is 21.5. The zero-order valence-corrected chi connectivity index (χ0v) is 20.2. The summed E-state index contributed by atoms with van der Waals surface area (Å²) < 4.78 is 0. The van der Waals surface area contributed by atoms with Crippen LogP contribution in [-0.4, -0.2) is 82.8 Å². The van der Waals surface area contributed by atoms with Crippen LogP contribution in [0.4, 0.5) is 0 Å². The van der Waals surface area contributed by atoms with E-state index in [1.165, 1.54) is 4.90 Å². The Morgan fingerprint density at radius 1 is 1.14 bits per heavy atom. The molecule has 1 aliphatic rings. The number of carboxylic acids is 1. The summed E-state index contributed by atoms with van der Waals surface area (Å²) in [6.45, 7) is 3.96. The van der Waals surface area contributed by atoms with Gasteiger partial charge in [-0.3, -0.25) is 24.2 Å². The second-order valence-electron chi connectivity index (χ2n) is 8.69. The molecule has 0 aliphatic carbocycles. The number of carboxylic acid groups (broad SMARTS) is 1. The largest absolute Gasteiger partial charge is 0.480 e. The van der Waals surface area contributed by atoms with Crippen molar-refractivity contribution in [2.24, 2.45) is 33.8 Å². The number of rotatable bonds is 14. The third-order valence-corrected chi connectivity index (χ3v) is 5.93. The first-order valence-corrected chi connectivity index (χ1v) is 11.6. The molecule has 198 valence electrons. The summed E-state index contributed by atoms with van der Waals surface area (Å²) in [6.07, 6.45) is 1.49. The number of carbonyl (C=O) groups is 5. The minimum absolute atomic E-state index is 0.120. The minimum Gasteiger partial charge on any atom is -0.480 e. The molecule has 0 aromatic carbocycles. The number of nitrogens with zero attached hydrogens (tertiary/aromatic N) is 2. The Morgan fingerprint density at radius 3 is 2.34 bits per heavy atom. The average Bonchev–Trinajstić information content (AvgIpc) is 3.27. The lowest BCUT2D eigenvalue weighted by molar-refractivity contribution is -0.144. The van der Waals surface area contributed by atoms with E-state index < -0.39 is 53.8 Å². The number of nitrogens with two attached hydrogens (primary N) is 4. The summed E-state index contributed by atoms with van der Waals surface area (Å²) in [5.74, 6) is -4.23. The minimum atomic E-state index is -1.19. The number of amides is 4. The Kier molecular flexibility index (Phi) is 11.9. The van der Waals surface area contributed by atoms with Crippen molar-refractivity contribution in [1.82, 2.24) is 15.5 Å². The topological polar surface area (TPSA) is 249 Å². The Balaban J connectivity index is 2.99. The van der Waals surface area contributed by atoms with E-state index in [9.17, 15) is 29.1 Å².